The van der Waals surface area contributed by atoms with E-state index in [1.54, 1.807) is 18.6 Å². The molecule has 0 saturated heterocycles. The lowest BCUT2D eigenvalue weighted by Gasteiger charge is -2.17. The summed E-state index contributed by atoms with van der Waals surface area (Å²) in [4.78, 5) is 7.82. The van der Waals surface area contributed by atoms with E-state index in [4.69, 9.17) is 40.1 Å². The van der Waals surface area contributed by atoms with Crippen molar-refractivity contribution in [1.29, 1.82) is 5.41 Å². The standard InChI is InChI=1S/C22H25Cl2N5/c1-14(21-18(23)12-29-13-19(21)24)9-15-6-7-20(26)17(10-15)22(27)16(11-28-2)5-3-4-8-25/h3,5-7,10-14,27H,2,4,8-9,25-26H2,1H3/b5-3-,16-11+,27-22?/t14-/m0/s1. The maximum atomic E-state index is 8.61. The Labute approximate surface area is 181 Å². The predicted molar refractivity (Wildman–Crippen MR) is 125 cm³/mol. The minimum Gasteiger partial charge on any atom is -0.398 e. The Hall–Kier alpha value is -2.47. The van der Waals surface area contributed by atoms with Gasteiger partial charge in [0.05, 0.1) is 15.8 Å². The zero-order valence-corrected chi connectivity index (χ0v) is 17.8. The van der Waals surface area contributed by atoms with Crippen molar-refractivity contribution in [3.05, 3.63) is 81.3 Å². The molecule has 2 aromatic rings. The van der Waals surface area contributed by atoms with Crippen molar-refractivity contribution < 1.29 is 0 Å². The molecular weight excluding hydrogens is 405 g/mol. The number of halogens is 2. The molecule has 0 bridgehead atoms. The SMILES string of the molecule is C=N/C=C(\C=C/CCN)C(=N)c1cc(C[C@H](C)c2c(Cl)cncc2Cl)ccc1N. The molecule has 7 heteroatoms. The summed E-state index contributed by atoms with van der Waals surface area (Å²) in [6, 6.07) is 5.68. The van der Waals surface area contributed by atoms with Gasteiger partial charge in [0.15, 0.2) is 0 Å². The fraction of sp³-hybridized carbons (Fsp3) is 0.227. The Morgan fingerprint density at radius 1 is 1.31 bits per heavy atom. The van der Waals surface area contributed by atoms with E-state index in [0.717, 1.165) is 11.1 Å². The van der Waals surface area contributed by atoms with Crippen LogP contribution < -0.4 is 11.5 Å². The maximum absolute atomic E-state index is 8.61. The average molecular weight is 430 g/mol. The molecule has 0 aliphatic carbocycles. The highest BCUT2D eigenvalue weighted by Gasteiger charge is 2.16. The smallest absolute Gasteiger partial charge is 0.0720 e. The normalized spacial score (nSPS) is 12.9. The molecule has 0 fully saturated rings. The molecule has 1 heterocycles. The minimum atomic E-state index is 0.0676. The van der Waals surface area contributed by atoms with Gasteiger partial charge in [0, 0.05) is 35.4 Å². The highest BCUT2D eigenvalue weighted by molar-refractivity contribution is 6.35. The molecule has 152 valence electrons. The molecule has 2 rings (SSSR count). The van der Waals surface area contributed by atoms with E-state index in [1.807, 2.05) is 30.4 Å². The van der Waals surface area contributed by atoms with Crippen LogP contribution in [0.2, 0.25) is 10.0 Å². The van der Waals surface area contributed by atoms with Gasteiger partial charge in [-0.2, -0.15) is 0 Å². The van der Waals surface area contributed by atoms with Gasteiger partial charge in [-0.25, -0.2) is 0 Å². The summed E-state index contributed by atoms with van der Waals surface area (Å²) in [5.41, 5.74) is 15.6. The molecule has 0 unspecified atom stereocenters. The van der Waals surface area contributed by atoms with Crippen LogP contribution in [-0.2, 0) is 6.42 Å². The number of pyridine rings is 1. The summed E-state index contributed by atoms with van der Waals surface area (Å²) in [5, 5.41) is 9.69. The number of nitrogens with one attached hydrogen (secondary N) is 1. The Morgan fingerprint density at radius 2 is 2.00 bits per heavy atom. The van der Waals surface area contributed by atoms with Crippen molar-refractivity contribution in [1.82, 2.24) is 4.98 Å². The van der Waals surface area contributed by atoms with Gasteiger partial charge in [-0.05, 0) is 55.3 Å². The van der Waals surface area contributed by atoms with E-state index in [2.05, 4.69) is 23.6 Å². The quantitative estimate of drug-likeness (QED) is 0.290. The molecule has 29 heavy (non-hydrogen) atoms. The molecule has 5 N–H and O–H groups in total. The molecule has 1 aromatic carbocycles. The van der Waals surface area contributed by atoms with E-state index in [9.17, 15) is 0 Å². The van der Waals surface area contributed by atoms with Gasteiger partial charge in [0.2, 0.25) is 0 Å². The van der Waals surface area contributed by atoms with Crippen molar-refractivity contribution in [2.75, 3.05) is 12.3 Å². The summed E-state index contributed by atoms with van der Waals surface area (Å²) in [5.74, 6) is 0.0676. The highest BCUT2D eigenvalue weighted by atomic mass is 35.5. The van der Waals surface area contributed by atoms with Gasteiger partial charge in [-0.1, -0.05) is 48.3 Å². The average Bonchev–Trinajstić information content (AvgIpc) is 2.68. The van der Waals surface area contributed by atoms with E-state index in [1.165, 1.54) is 0 Å². The van der Waals surface area contributed by atoms with Crippen molar-refractivity contribution >= 4 is 41.3 Å². The van der Waals surface area contributed by atoms with Crippen molar-refractivity contribution in [2.45, 2.75) is 25.7 Å². The molecule has 0 saturated carbocycles. The second-order valence-electron chi connectivity index (χ2n) is 6.67. The van der Waals surface area contributed by atoms with E-state index in [-0.39, 0.29) is 11.6 Å². The maximum Gasteiger partial charge on any atom is 0.0720 e. The summed E-state index contributed by atoms with van der Waals surface area (Å²) >= 11 is 12.6. The lowest BCUT2D eigenvalue weighted by Crippen LogP contribution is -2.08. The van der Waals surface area contributed by atoms with Crippen LogP contribution in [-0.4, -0.2) is 24.0 Å². The van der Waals surface area contributed by atoms with Crippen LogP contribution in [0.4, 0.5) is 5.69 Å². The molecule has 1 atom stereocenters. The van der Waals surface area contributed by atoms with Crippen molar-refractivity contribution in [2.24, 2.45) is 10.7 Å². The molecule has 0 radical (unpaired) electrons. The second-order valence-corrected chi connectivity index (χ2v) is 7.48. The number of nitrogens with zero attached hydrogens (tertiary/aromatic N) is 2. The first-order valence-electron chi connectivity index (χ1n) is 9.18. The van der Waals surface area contributed by atoms with E-state index < -0.39 is 0 Å². The zero-order valence-electron chi connectivity index (χ0n) is 16.3. The molecule has 0 amide bonds. The largest absolute Gasteiger partial charge is 0.398 e. The van der Waals surface area contributed by atoms with Gasteiger partial charge in [-0.15, -0.1) is 0 Å². The molecule has 0 aliphatic rings. The topological polar surface area (TPSA) is 101 Å². The zero-order chi connectivity index (χ0) is 21.4. The Balaban J connectivity index is 2.32. The number of rotatable bonds is 9. The van der Waals surface area contributed by atoms with Crippen LogP contribution in [0.3, 0.4) is 0 Å². The van der Waals surface area contributed by atoms with Crippen LogP contribution in [0.25, 0.3) is 0 Å². The van der Waals surface area contributed by atoms with Crippen molar-refractivity contribution in [3.63, 3.8) is 0 Å². The fourth-order valence-electron chi connectivity index (χ4n) is 3.05. The lowest BCUT2D eigenvalue weighted by atomic mass is 9.91. The Kier molecular flexibility index (Phi) is 8.58. The first kappa shape index (κ1) is 22.8. The van der Waals surface area contributed by atoms with Gasteiger partial charge in [-0.3, -0.25) is 15.4 Å². The monoisotopic (exact) mass is 429 g/mol. The minimum absolute atomic E-state index is 0.0676. The Bertz CT molecular complexity index is 930. The molecule has 5 nitrogen and oxygen atoms in total. The number of nitrogen functional groups attached to an aromatic ring is 1. The summed E-state index contributed by atoms with van der Waals surface area (Å²) in [6.07, 6.45) is 9.84. The number of hydrogen-bond donors (Lipinski definition) is 3. The second kappa shape index (κ2) is 10.9. The number of nitrogens with two attached hydrogens (primary N) is 2. The first-order valence-corrected chi connectivity index (χ1v) is 9.93. The van der Waals surface area contributed by atoms with Gasteiger partial charge < -0.3 is 11.5 Å². The van der Waals surface area contributed by atoms with E-state index >= 15 is 0 Å². The molecular formula is C22H25Cl2N5. The lowest BCUT2D eigenvalue weighted by molar-refractivity contribution is 0.758. The molecule has 0 spiro atoms. The van der Waals surface area contributed by atoms with Crippen LogP contribution in [0.5, 0.6) is 0 Å². The number of anilines is 1. The third-order valence-electron chi connectivity index (χ3n) is 4.46. The fourth-order valence-corrected chi connectivity index (χ4v) is 3.78. The van der Waals surface area contributed by atoms with Crippen LogP contribution in [0, 0.1) is 5.41 Å². The van der Waals surface area contributed by atoms with E-state index in [0.29, 0.717) is 46.3 Å². The van der Waals surface area contributed by atoms with Gasteiger partial charge in [0.1, 0.15) is 0 Å². The van der Waals surface area contributed by atoms with Gasteiger partial charge >= 0.3 is 0 Å². The number of aliphatic imine (C=N–C) groups is 1. The molecule has 0 aliphatic heterocycles. The summed E-state index contributed by atoms with van der Waals surface area (Å²) in [7, 11) is 0. The Morgan fingerprint density at radius 3 is 2.62 bits per heavy atom. The third-order valence-corrected chi connectivity index (χ3v) is 5.06. The highest BCUT2D eigenvalue weighted by Crippen LogP contribution is 2.33. The van der Waals surface area contributed by atoms with Crippen molar-refractivity contribution in [3.8, 4) is 0 Å². The molecule has 1 aromatic heterocycles. The third kappa shape index (κ3) is 6.00. The van der Waals surface area contributed by atoms with Gasteiger partial charge in [0.25, 0.3) is 0 Å². The number of aromatic nitrogens is 1. The summed E-state index contributed by atoms with van der Waals surface area (Å²) < 4.78 is 0. The van der Waals surface area contributed by atoms with Crippen LogP contribution >= 0.6 is 23.2 Å². The number of benzene rings is 1. The number of allylic oxidation sites excluding steroid dienone is 2. The predicted octanol–water partition coefficient (Wildman–Crippen LogP) is 5.17. The van der Waals surface area contributed by atoms with Crippen LogP contribution in [0.15, 0.2) is 59.5 Å². The number of hydrogen-bond acceptors (Lipinski definition) is 5. The first-order chi connectivity index (χ1) is 13.9. The van der Waals surface area contributed by atoms with Crippen LogP contribution in [0.1, 0.15) is 36.0 Å². The summed E-state index contributed by atoms with van der Waals surface area (Å²) in [6.45, 7) is 6.08.